The lowest BCUT2D eigenvalue weighted by Gasteiger charge is -2.11. The van der Waals surface area contributed by atoms with Crippen LogP contribution in [0.25, 0.3) is 0 Å². The maximum absolute atomic E-state index is 13.6. The molecule has 1 unspecified atom stereocenters. The maximum Gasteiger partial charge on any atom is 0.257 e. The smallest absolute Gasteiger partial charge is 0.257 e. The Bertz CT molecular complexity index is 423. The molecule has 1 aromatic rings. The molecule has 1 atom stereocenters. The molecular weight excluding hydrogens is 292 g/mol. The van der Waals surface area contributed by atoms with Crippen LogP contribution in [0, 0.1) is 24.5 Å². The first-order valence-corrected chi connectivity index (χ1v) is 6.38. The van der Waals surface area contributed by atoms with E-state index in [0.717, 1.165) is 6.07 Å². The van der Waals surface area contributed by atoms with Crippen molar-refractivity contribution in [1.82, 2.24) is 5.32 Å². The number of benzene rings is 1. The van der Waals surface area contributed by atoms with E-state index in [1.807, 2.05) is 6.92 Å². The molecule has 2 nitrogen and oxygen atoms in total. The zero-order chi connectivity index (χ0) is 13.0. The first-order chi connectivity index (χ1) is 7.97. The van der Waals surface area contributed by atoms with Crippen molar-refractivity contribution >= 4 is 21.8 Å². The molecule has 0 fully saturated rings. The molecule has 17 heavy (non-hydrogen) atoms. The molecule has 1 N–H and O–H groups in total. The maximum atomic E-state index is 13.6. The van der Waals surface area contributed by atoms with Crippen LogP contribution in [0.1, 0.15) is 22.8 Å². The Hall–Kier alpha value is -0.970. The van der Waals surface area contributed by atoms with E-state index in [2.05, 4.69) is 21.2 Å². The van der Waals surface area contributed by atoms with Crippen LogP contribution < -0.4 is 5.32 Å². The summed E-state index contributed by atoms with van der Waals surface area (Å²) in [5.74, 6) is -2.14. The van der Waals surface area contributed by atoms with Crippen LogP contribution in [-0.2, 0) is 0 Å². The van der Waals surface area contributed by atoms with E-state index in [-0.39, 0.29) is 11.5 Å². The topological polar surface area (TPSA) is 29.1 Å². The van der Waals surface area contributed by atoms with Crippen LogP contribution in [0.5, 0.6) is 0 Å². The van der Waals surface area contributed by atoms with Gasteiger partial charge < -0.3 is 5.32 Å². The summed E-state index contributed by atoms with van der Waals surface area (Å²) in [6.45, 7) is 3.78. The zero-order valence-electron chi connectivity index (χ0n) is 9.69. The highest BCUT2D eigenvalue weighted by atomic mass is 79.9. The molecule has 0 saturated heterocycles. The van der Waals surface area contributed by atoms with E-state index in [9.17, 15) is 13.6 Å². The second-order valence-electron chi connectivity index (χ2n) is 4.02. The van der Waals surface area contributed by atoms with E-state index in [0.29, 0.717) is 11.9 Å². The Morgan fingerprint density at radius 3 is 2.71 bits per heavy atom. The number of carbonyl (C=O) groups is 1. The molecule has 1 rings (SSSR count). The van der Waals surface area contributed by atoms with Crippen LogP contribution in [0.2, 0.25) is 0 Å². The number of hydrogen-bond donors (Lipinski definition) is 1. The summed E-state index contributed by atoms with van der Waals surface area (Å²) in [6, 6.07) is 2.41. The van der Waals surface area contributed by atoms with Gasteiger partial charge >= 0.3 is 0 Å². The molecule has 0 aromatic heterocycles. The van der Waals surface area contributed by atoms with E-state index in [1.165, 1.54) is 13.0 Å². The first kappa shape index (κ1) is 14.1. The standard InChI is InChI=1S/C12H14BrF2NO/c1-7(5-13)6-16-12(17)10-9(14)4-3-8(2)11(10)15/h3-4,7H,5-6H2,1-2H3,(H,16,17). The van der Waals surface area contributed by atoms with Crippen LogP contribution >= 0.6 is 15.9 Å². The van der Waals surface area contributed by atoms with Gasteiger partial charge in [-0.05, 0) is 24.5 Å². The second kappa shape index (κ2) is 6.10. The number of hydrogen-bond acceptors (Lipinski definition) is 1. The number of carbonyl (C=O) groups excluding carboxylic acids is 1. The Balaban J connectivity index is 2.86. The molecule has 0 aliphatic rings. The average Bonchev–Trinajstić information content (AvgIpc) is 2.31. The fourth-order valence-electron chi connectivity index (χ4n) is 1.27. The van der Waals surface area contributed by atoms with Crippen LogP contribution in [-0.4, -0.2) is 17.8 Å². The third-order valence-corrected chi connectivity index (χ3v) is 3.49. The summed E-state index contributed by atoms with van der Waals surface area (Å²) in [5, 5.41) is 3.22. The van der Waals surface area contributed by atoms with Gasteiger partial charge in [-0.25, -0.2) is 8.78 Å². The van der Waals surface area contributed by atoms with Crippen LogP contribution in [0.15, 0.2) is 12.1 Å². The minimum atomic E-state index is -0.836. The van der Waals surface area contributed by atoms with Gasteiger partial charge in [0.15, 0.2) is 0 Å². The Kier molecular flexibility index (Phi) is 5.05. The number of alkyl halides is 1. The predicted octanol–water partition coefficient (Wildman–Crippen LogP) is 3.03. The van der Waals surface area contributed by atoms with Crippen molar-refractivity contribution in [2.45, 2.75) is 13.8 Å². The minimum Gasteiger partial charge on any atom is -0.352 e. The van der Waals surface area contributed by atoms with Gasteiger partial charge in [0.2, 0.25) is 0 Å². The molecule has 94 valence electrons. The van der Waals surface area contributed by atoms with Crippen molar-refractivity contribution in [3.63, 3.8) is 0 Å². The van der Waals surface area contributed by atoms with Gasteiger partial charge in [-0.2, -0.15) is 0 Å². The minimum absolute atomic E-state index is 0.204. The fourth-order valence-corrected chi connectivity index (χ4v) is 1.50. The summed E-state index contributed by atoms with van der Waals surface area (Å²) in [5.41, 5.74) is -0.253. The van der Waals surface area contributed by atoms with Crippen molar-refractivity contribution < 1.29 is 13.6 Å². The van der Waals surface area contributed by atoms with Gasteiger partial charge in [-0.15, -0.1) is 0 Å². The lowest BCUT2D eigenvalue weighted by molar-refractivity contribution is 0.0940. The normalized spacial score (nSPS) is 12.3. The average molecular weight is 306 g/mol. The highest BCUT2D eigenvalue weighted by Gasteiger charge is 2.19. The van der Waals surface area contributed by atoms with Gasteiger partial charge in [0.05, 0.1) is 0 Å². The van der Waals surface area contributed by atoms with Crippen molar-refractivity contribution in [3.05, 3.63) is 34.9 Å². The summed E-state index contributed by atoms with van der Waals surface area (Å²) in [6.07, 6.45) is 0. The molecule has 0 bridgehead atoms. The monoisotopic (exact) mass is 305 g/mol. The largest absolute Gasteiger partial charge is 0.352 e. The highest BCUT2D eigenvalue weighted by Crippen LogP contribution is 2.16. The van der Waals surface area contributed by atoms with E-state index >= 15 is 0 Å². The van der Waals surface area contributed by atoms with Crippen LogP contribution in [0.3, 0.4) is 0 Å². The number of rotatable bonds is 4. The molecule has 5 heteroatoms. The summed E-state index contributed by atoms with van der Waals surface area (Å²) >= 11 is 3.26. The molecular formula is C12H14BrF2NO. The molecule has 1 amide bonds. The van der Waals surface area contributed by atoms with Crippen molar-refractivity contribution in [2.24, 2.45) is 5.92 Å². The number of aryl methyl sites for hydroxylation is 1. The molecule has 0 aliphatic carbocycles. The van der Waals surface area contributed by atoms with Gasteiger partial charge in [0, 0.05) is 11.9 Å². The summed E-state index contributed by atoms with van der Waals surface area (Å²) < 4.78 is 27.0. The summed E-state index contributed by atoms with van der Waals surface area (Å²) in [7, 11) is 0. The Morgan fingerprint density at radius 2 is 2.12 bits per heavy atom. The number of amides is 1. The molecule has 0 aliphatic heterocycles. The third-order valence-electron chi connectivity index (χ3n) is 2.39. The molecule has 1 aromatic carbocycles. The van der Waals surface area contributed by atoms with Gasteiger partial charge in [0.25, 0.3) is 5.91 Å². The lowest BCUT2D eigenvalue weighted by Crippen LogP contribution is -2.30. The first-order valence-electron chi connectivity index (χ1n) is 5.26. The summed E-state index contributed by atoms with van der Waals surface area (Å²) in [4.78, 5) is 11.7. The number of halogens is 3. The van der Waals surface area contributed by atoms with Crippen molar-refractivity contribution in [1.29, 1.82) is 0 Å². The van der Waals surface area contributed by atoms with Gasteiger partial charge in [-0.3, -0.25) is 4.79 Å². The van der Waals surface area contributed by atoms with Gasteiger partial charge in [0.1, 0.15) is 17.2 Å². The van der Waals surface area contributed by atoms with Crippen molar-refractivity contribution in [2.75, 3.05) is 11.9 Å². The van der Waals surface area contributed by atoms with E-state index in [1.54, 1.807) is 0 Å². The highest BCUT2D eigenvalue weighted by molar-refractivity contribution is 9.09. The van der Waals surface area contributed by atoms with Crippen LogP contribution in [0.4, 0.5) is 8.78 Å². The second-order valence-corrected chi connectivity index (χ2v) is 4.67. The lowest BCUT2D eigenvalue weighted by atomic mass is 10.1. The van der Waals surface area contributed by atoms with E-state index in [4.69, 9.17) is 0 Å². The molecule has 0 saturated carbocycles. The van der Waals surface area contributed by atoms with Gasteiger partial charge in [-0.1, -0.05) is 28.9 Å². The molecule has 0 spiro atoms. The third kappa shape index (κ3) is 3.49. The predicted molar refractivity (Wildman–Crippen MR) is 66.4 cm³/mol. The van der Waals surface area contributed by atoms with Crippen molar-refractivity contribution in [3.8, 4) is 0 Å². The number of nitrogens with one attached hydrogen (secondary N) is 1. The van der Waals surface area contributed by atoms with E-state index < -0.39 is 23.1 Å². The Morgan fingerprint density at radius 1 is 1.47 bits per heavy atom. The molecule has 0 heterocycles. The zero-order valence-corrected chi connectivity index (χ0v) is 11.3. The fraction of sp³-hybridized carbons (Fsp3) is 0.417. The Labute approximate surface area is 108 Å². The quantitative estimate of drug-likeness (QED) is 0.851. The molecule has 0 radical (unpaired) electrons. The SMILES string of the molecule is Cc1ccc(F)c(C(=O)NCC(C)CBr)c1F.